The summed E-state index contributed by atoms with van der Waals surface area (Å²) < 4.78 is 13.3. The summed E-state index contributed by atoms with van der Waals surface area (Å²) in [4.78, 5) is 21.4. The van der Waals surface area contributed by atoms with Gasteiger partial charge in [-0.15, -0.1) is 0 Å². The number of carbonyl (C=O) groups excluding carboxylic acids is 1. The maximum atomic E-state index is 13.0. The molecule has 0 radical (unpaired) electrons. The minimum atomic E-state index is -0.454. The second-order valence-corrected chi connectivity index (χ2v) is 9.80. The third kappa shape index (κ3) is 4.94. The number of carbonyl (C=O) groups is 1. The van der Waals surface area contributed by atoms with E-state index in [9.17, 15) is 4.79 Å². The van der Waals surface area contributed by atoms with E-state index in [0.29, 0.717) is 16.8 Å². The summed E-state index contributed by atoms with van der Waals surface area (Å²) in [5.74, 6) is 1.07. The van der Waals surface area contributed by atoms with Crippen LogP contribution in [0.1, 0.15) is 17.5 Å². The van der Waals surface area contributed by atoms with Crippen LogP contribution in [0, 0.1) is 5.41 Å². The molecule has 4 heterocycles. The summed E-state index contributed by atoms with van der Waals surface area (Å²) in [5, 5.41) is 16.7. The molecule has 2 aromatic carbocycles. The summed E-state index contributed by atoms with van der Waals surface area (Å²) in [6, 6.07) is 19.3. The zero-order valence-corrected chi connectivity index (χ0v) is 21.9. The van der Waals surface area contributed by atoms with Crippen LogP contribution in [-0.2, 0) is 11.3 Å². The highest BCUT2D eigenvalue weighted by molar-refractivity contribution is 8.27. The van der Waals surface area contributed by atoms with Crippen molar-refractivity contribution in [3.8, 4) is 11.5 Å². The van der Waals surface area contributed by atoms with E-state index < -0.39 is 5.91 Å². The number of amidine groups is 2. The van der Waals surface area contributed by atoms with Gasteiger partial charge in [0.1, 0.15) is 16.5 Å². The van der Waals surface area contributed by atoms with E-state index in [-0.39, 0.29) is 11.4 Å². The fraction of sp³-hybridized carbons (Fsp3) is 0.138. The monoisotopic (exact) mass is 536 g/mol. The maximum absolute atomic E-state index is 13.0. The Morgan fingerprint density at radius 3 is 2.79 bits per heavy atom. The van der Waals surface area contributed by atoms with Gasteiger partial charge in [-0.3, -0.25) is 15.2 Å². The number of hydrazone groups is 1. The molecule has 6 rings (SSSR count). The van der Waals surface area contributed by atoms with Crippen molar-refractivity contribution >= 4 is 50.7 Å². The highest BCUT2D eigenvalue weighted by atomic mass is 32.2. The second kappa shape index (κ2) is 10.6. The number of para-hydroxylation sites is 1. The fourth-order valence-corrected chi connectivity index (χ4v) is 5.33. The van der Waals surface area contributed by atoms with Crippen LogP contribution in [0.2, 0.25) is 0 Å². The van der Waals surface area contributed by atoms with E-state index in [0.717, 1.165) is 46.5 Å². The first kappa shape index (κ1) is 24.6. The van der Waals surface area contributed by atoms with Gasteiger partial charge in [0.15, 0.2) is 5.84 Å². The van der Waals surface area contributed by atoms with Crippen molar-refractivity contribution in [1.29, 1.82) is 5.41 Å². The summed E-state index contributed by atoms with van der Waals surface area (Å²) in [5.41, 5.74) is 2.89. The summed E-state index contributed by atoms with van der Waals surface area (Å²) in [6.45, 7) is 1.27. The van der Waals surface area contributed by atoms with Crippen LogP contribution in [0.15, 0.2) is 94.9 Å². The molecule has 2 aliphatic rings. The SMILES string of the molecule is COc1cccc(OCCCn2cc(C=C3C(=N)N4N=C(c5cccnc5)SC4=NC3=O)c3ccccc32)c1. The van der Waals surface area contributed by atoms with Crippen molar-refractivity contribution in [3.05, 3.63) is 96.0 Å². The molecule has 0 atom stereocenters. The average Bonchev–Trinajstić information content (AvgIpc) is 3.56. The number of fused-ring (bicyclic) bond motifs is 2. The number of amides is 1. The Kier molecular flexibility index (Phi) is 6.68. The molecule has 2 aliphatic heterocycles. The molecule has 0 bridgehead atoms. The molecule has 39 heavy (non-hydrogen) atoms. The van der Waals surface area contributed by atoms with Crippen LogP contribution in [-0.4, -0.2) is 50.2 Å². The number of ether oxygens (including phenoxy) is 2. The number of methoxy groups -OCH3 is 1. The first-order chi connectivity index (χ1) is 19.1. The van der Waals surface area contributed by atoms with Crippen LogP contribution in [0.25, 0.3) is 17.0 Å². The lowest BCUT2D eigenvalue weighted by Gasteiger charge is -2.20. The topological polar surface area (TPSA) is 105 Å². The number of benzene rings is 2. The third-order valence-electron chi connectivity index (χ3n) is 6.34. The van der Waals surface area contributed by atoms with Gasteiger partial charge in [0, 0.05) is 53.2 Å². The summed E-state index contributed by atoms with van der Waals surface area (Å²) in [7, 11) is 1.63. The quantitative estimate of drug-likeness (QED) is 0.246. The van der Waals surface area contributed by atoms with Gasteiger partial charge < -0.3 is 14.0 Å². The molecule has 0 saturated carbocycles. The first-order valence-corrected chi connectivity index (χ1v) is 13.2. The molecule has 2 aromatic heterocycles. The number of aromatic nitrogens is 2. The molecule has 194 valence electrons. The number of hydrogen-bond acceptors (Lipinski definition) is 7. The normalized spacial score (nSPS) is 15.9. The molecule has 0 saturated heterocycles. The fourth-order valence-electron chi connectivity index (χ4n) is 4.44. The summed E-state index contributed by atoms with van der Waals surface area (Å²) in [6.07, 6.45) is 7.91. The Bertz CT molecular complexity index is 1670. The van der Waals surface area contributed by atoms with Crippen molar-refractivity contribution in [2.24, 2.45) is 10.1 Å². The molecule has 9 nitrogen and oxygen atoms in total. The van der Waals surface area contributed by atoms with Crippen LogP contribution in [0.5, 0.6) is 11.5 Å². The number of aliphatic imine (C=N–C) groups is 1. The van der Waals surface area contributed by atoms with Crippen molar-refractivity contribution < 1.29 is 14.3 Å². The second-order valence-electron chi connectivity index (χ2n) is 8.84. The third-order valence-corrected chi connectivity index (χ3v) is 7.29. The molecule has 0 aliphatic carbocycles. The summed E-state index contributed by atoms with van der Waals surface area (Å²) >= 11 is 1.26. The molecule has 1 amide bonds. The number of nitrogens with one attached hydrogen (secondary N) is 1. The van der Waals surface area contributed by atoms with E-state index >= 15 is 0 Å². The zero-order valence-electron chi connectivity index (χ0n) is 21.1. The number of pyridine rings is 1. The Labute approximate surface area is 229 Å². The van der Waals surface area contributed by atoms with Gasteiger partial charge in [0.2, 0.25) is 5.17 Å². The number of rotatable bonds is 8. The lowest BCUT2D eigenvalue weighted by Crippen LogP contribution is -2.35. The molecule has 4 aromatic rings. The van der Waals surface area contributed by atoms with E-state index in [2.05, 4.69) is 19.6 Å². The molecular weight excluding hydrogens is 512 g/mol. The molecule has 1 N–H and O–H groups in total. The highest BCUT2D eigenvalue weighted by Gasteiger charge is 2.36. The lowest BCUT2D eigenvalue weighted by molar-refractivity contribution is -0.114. The lowest BCUT2D eigenvalue weighted by atomic mass is 10.1. The standard InChI is InChI=1S/C29H24N6O3S/c1-37-21-8-4-9-22(16-21)38-14-6-13-34-18-20(23-10-2-3-11-25(23)34)15-24-26(30)35-29(32-27(24)36)39-28(33-35)19-7-5-12-31-17-19/h2-5,7-12,15-18,30H,6,13-14H2,1H3. The minimum absolute atomic E-state index is 0.0000827. The van der Waals surface area contributed by atoms with E-state index in [1.807, 2.05) is 66.9 Å². The van der Waals surface area contributed by atoms with Gasteiger partial charge >= 0.3 is 0 Å². The Balaban J connectivity index is 1.22. The number of nitrogens with zero attached hydrogens (tertiary/aromatic N) is 5. The van der Waals surface area contributed by atoms with Gasteiger partial charge in [-0.1, -0.05) is 24.3 Å². The van der Waals surface area contributed by atoms with Gasteiger partial charge in [-0.05, 0) is 54.6 Å². The van der Waals surface area contributed by atoms with Gasteiger partial charge in [0.05, 0.1) is 19.3 Å². The predicted molar refractivity (Wildman–Crippen MR) is 153 cm³/mol. The molecule has 10 heteroatoms. The Hall–Kier alpha value is -4.70. The van der Waals surface area contributed by atoms with Gasteiger partial charge in [-0.2, -0.15) is 15.1 Å². The van der Waals surface area contributed by atoms with E-state index in [1.165, 1.54) is 16.8 Å². The minimum Gasteiger partial charge on any atom is -0.497 e. The van der Waals surface area contributed by atoms with Crippen molar-refractivity contribution in [2.75, 3.05) is 13.7 Å². The maximum Gasteiger partial charge on any atom is 0.283 e. The van der Waals surface area contributed by atoms with Crippen LogP contribution in [0.3, 0.4) is 0 Å². The largest absolute Gasteiger partial charge is 0.497 e. The predicted octanol–water partition coefficient (Wildman–Crippen LogP) is 5.18. The van der Waals surface area contributed by atoms with Crippen molar-refractivity contribution in [1.82, 2.24) is 14.6 Å². The zero-order chi connectivity index (χ0) is 26.8. The van der Waals surface area contributed by atoms with Gasteiger partial charge in [0.25, 0.3) is 5.91 Å². The molecular formula is C29H24N6O3S. The number of hydrogen-bond donors (Lipinski definition) is 1. The van der Waals surface area contributed by atoms with Crippen LogP contribution in [0.4, 0.5) is 0 Å². The molecule has 0 spiro atoms. The van der Waals surface area contributed by atoms with Crippen molar-refractivity contribution in [2.45, 2.75) is 13.0 Å². The Morgan fingerprint density at radius 1 is 1.08 bits per heavy atom. The molecule has 0 fully saturated rings. The first-order valence-electron chi connectivity index (χ1n) is 12.4. The highest BCUT2D eigenvalue weighted by Crippen LogP contribution is 2.32. The Morgan fingerprint density at radius 2 is 1.95 bits per heavy atom. The number of thioether (sulfide) groups is 1. The smallest absolute Gasteiger partial charge is 0.283 e. The van der Waals surface area contributed by atoms with Crippen LogP contribution >= 0.6 is 11.8 Å². The number of aryl methyl sites for hydroxylation is 1. The average molecular weight is 537 g/mol. The van der Waals surface area contributed by atoms with Gasteiger partial charge in [-0.25, -0.2) is 0 Å². The van der Waals surface area contributed by atoms with E-state index in [1.54, 1.807) is 25.6 Å². The molecule has 0 unspecified atom stereocenters. The van der Waals surface area contributed by atoms with E-state index in [4.69, 9.17) is 14.9 Å². The van der Waals surface area contributed by atoms with Crippen LogP contribution < -0.4 is 9.47 Å². The van der Waals surface area contributed by atoms with Crippen molar-refractivity contribution in [3.63, 3.8) is 0 Å².